The Bertz CT molecular complexity index is 850. The summed E-state index contributed by atoms with van der Waals surface area (Å²) in [4.78, 5) is 34.4. The number of carbonyl (C=O) groups excluding carboxylic acids is 2. The summed E-state index contributed by atoms with van der Waals surface area (Å²) in [5.41, 5.74) is 1.05. The van der Waals surface area contributed by atoms with Crippen molar-refractivity contribution in [1.29, 1.82) is 0 Å². The molecule has 0 unspecified atom stereocenters. The average molecular weight is 382 g/mol. The molecule has 2 aliphatic heterocycles. The first-order valence-electron chi connectivity index (χ1n) is 9.71. The van der Waals surface area contributed by atoms with Crippen LogP contribution >= 0.6 is 0 Å². The standard InChI is InChI=1S/C21H26N4O3/c1-15-22-8-9-23(15)14-20(26)25-12-17-11-18(28-2)13-24(17)21(27)19(25)10-16-6-4-3-5-7-16/h3-9,17-19H,10-14H2,1-2H3/t17-,18-,19-/m0/s1. The molecule has 7 nitrogen and oxygen atoms in total. The van der Waals surface area contributed by atoms with Crippen LogP contribution in [0.3, 0.4) is 0 Å². The molecule has 0 bridgehead atoms. The van der Waals surface area contributed by atoms with Crippen LogP contribution < -0.4 is 0 Å². The van der Waals surface area contributed by atoms with Crippen LogP contribution in [0.4, 0.5) is 0 Å². The summed E-state index contributed by atoms with van der Waals surface area (Å²) >= 11 is 0. The van der Waals surface area contributed by atoms with Gasteiger partial charge in [-0.3, -0.25) is 9.59 Å². The number of hydrogen-bond acceptors (Lipinski definition) is 4. The number of carbonyl (C=O) groups is 2. The maximum Gasteiger partial charge on any atom is 0.246 e. The molecular weight excluding hydrogens is 356 g/mol. The highest BCUT2D eigenvalue weighted by Gasteiger charge is 2.46. The summed E-state index contributed by atoms with van der Waals surface area (Å²) in [7, 11) is 1.68. The van der Waals surface area contributed by atoms with E-state index >= 15 is 0 Å². The second-order valence-electron chi connectivity index (χ2n) is 7.59. The normalized spacial score (nSPS) is 24.5. The number of rotatable bonds is 5. The van der Waals surface area contributed by atoms with E-state index in [0.29, 0.717) is 19.5 Å². The van der Waals surface area contributed by atoms with Crippen molar-refractivity contribution >= 4 is 11.8 Å². The van der Waals surface area contributed by atoms with Gasteiger partial charge in [-0.25, -0.2) is 4.98 Å². The van der Waals surface area contributed by atoms with Crippen molar-refractivity contribution in [2.24, 2.45) is 0 Å². The predicted molar refractivity (Wildman–Crippen MR) is 104 cm³/mol. The molecule has 148 valence electrons. The minimum absolute atomic E-state index is 0.0235. The van der Waals surface area contributed by atoms with Gasteiger partial charge in [-0.2, -0.15) is 0 Å². The second-order valence-corrected chi connectivity index (χ2v) is 7.59. The van der Waals surface area contributed by atoms with E-state index < -0.39 is 6.04 Å². The maximum atomic E-state index is 13.3. The smallest absolute Gasteiger partial charge is 0.246 e. The number of piperazine rings is 1. The maximum absolute atomic E-state index is 13.3. The molecule has 3 heterocycles. The van der Waals surface area contributed by atoms with Crippen LogP contribution in [0.2, 0.25) is 0 Å². The fourth-order valence-electron chi connectivity index (χ4n) is 4.28. The van der Waals surface area contributed by atoms with E-state index in [0.717, 1.165) is 17.8 Å². The Morgan fingerprint density at radius 2 is 2.04 bits per heavy atom. The first kappa shape index (κ1) is 18.7. The van der Waals surface area contributed by atoms with Crippen molar-refractivity contribution in [2.45, 2.75) is 44.5 Å². The lowest BCUT2D eigenvalue weighted by molar-refractivity contribution is -0.153. The van der Waals surface area contributed by atoms with E-state index in [4.69, 9.17) is 4.74 Å². The SMILES string of the molecule is CO[C@H]1C[C@H]2CN(C(=O)Cn3ccnc3C)[C@@H](Cc3ccccc3)C(=O)N2C1. The molecule has 0 aliphatic carbocycles. The minimum Gasteiger partial charge on any atom is -0.380 e. The zero-order chi connectivity index (χ0) is 19.7. The van der Waals surface area contributed by atoms with E-state index in [1.807, 2.05) is 46.7 Å². The van der Waals surface area contributed by atoms with Crippen LogP contribution in [-0.4, -0.2) is 69.6 Å². The van der Waals surface area contributed by atoms with E-state index in [1.165, 1.54) is 0 Å². The fourth-order valence-corrected chi connectivity index (χ4v) is 4.28. The lowest BCUT2D eigenvalue weighted by Crippen LogP contribution is -2.62. The summed E-state index contributed by atoms with van der Waals surface area (Å²) in [6.45, 7) is 3.23. The Morgan fingerprint density at radius 1 is 1.25 bits per heavy atom. The van der Waals surface area contributed by atoms with Crippen molar-refractivity contribution in [1.82, 2.24) is 19.4 Å². The monoisotopic (exact) mass is 382 g/mol. The second kappa shape index (κ2) is 7.75. The van der Waals surface area contributed by atoms with E-state index in [2.05, 4.69) is 4.98 Å². The molecular formula is C21H26N4O3. The van der Waals surface area contributed by atoms with E-state index in [1.54, 1.807) is 24.4 Å². The average Bonchev–Trinajstić information content (AvgIpc) is 3.31. The molecule has 1 aromatic carbocycles. The third kappa shape index (κ3) is 3.54. The van der Waals surface area contributed by atoms with Crippen LogP contribution in [0.5, 0.6) is 0 Å². The number of imidazole rings is 1. The molecule has 7 heteroatoms. The zero-order valence-electron chi connectivity index (χ0n) is 16.3. The summed E-state index contributed by atoms with van der Waals surface area (Å²) in [6.07, 6.45) is 4.82. The van der Waals surface area contributed by atoms with Crippen molar-refractivity contribution in [3.8, 4) is 0 Å². The Hall–Kier alpha value is -2.67. The van der Waals surface area contributed by atoms with Crippen molar-refractivity contribution < 1.29 is 14.3 Å². The van der Waals surface area contributed by atoms with Crippen molar-refractivity contribution in [3.63, 3.8) is 0 Å². The zero-order valence-corrected chi connectivity index (χ0v) is 16.3. The van der Waals surface area contributed by atoms with E-state index in [-0.39, 0.29) is 30.5 Å². The lowest BCUT2D eigenvalue weighted by atomic mass is 9.98. The predicted octanol–water partition coefficient (Wildman–Crippen LogP) is 1.26. The highest BCUT2D eigenvalue weighted by Crippen LogP contribution is 2.29. The highest BCUT2D eigenvalue weighted by atomic mass is 16.5. The summed E-state index contributed by atoms with van der Waals surface area (Å²) in [5.74, 6) is 0.768. The number of methoxy groups -OCH3 is 1. The third-order valence-corrected chi connectivity index (χ3v) is 5.88. The van der Waals surface area contributed by atoms with Gasteiger partial charge in [0.25, 0.3) is 0 Å². The number of amides is 2. The van der Waals surface area contributed by atoms with Crippen LogP contribution in [0, 0.1) is 6.92 Å². The number of nitrogens with zero attached hydrogens (tertiary/aromatic N) is 4. The molecule has 3 atom stereocenters. The van der Waals surface area contributed by atoms with Crippen LogP contribution in [0.15, 0.2) is 42.7 Å². The Kier molecular flexibility index (Phi) is 5.17. The summed E-state index contributed by atoms with van der Waals surface area (Å²) in [5, 5.41) is 0. The van der Waals surface area contributed by atoms with Crippen LogP contribution in [-0.2, 0) is 27.3 Å². The van der Waals surface area contributed by atoms with E-state index in [9.17, 15) is 9.59 Å². The number of aromatic nitrogens is 2. The van der Waals surface area contributed by atoms with Crippen LogP contribution in [0.1, 0.15) is 17.8 Å². The Labute approximate surface area is 164 Å². The molecule has 28 heavy (non-hydrogen) atoms. The van der Waals surface area contributed by atoms with Gasteiger partial charge >= 0.3 is 0 Å². The highest BCUT2D eigenvalue weighted by molar-refractivity contribution is 5.89. The molecule has 0 saturated carbocycles. The number of aryl methyl sites for hydroxylation is 1. The summed E-state index contributed by atoms with van der Waals surface area (Å²) < 4.78 is 7.32. The Balaban J connectivity index is 1.59. The Morgan fingerprint density at radius 3 is 2.71 bits per heavy atom. The molecule has 0 radical (unpaired) electrons. The first-order chi connectivity index (χ1) is 13.6. The van der Waals surface area contributed by atoms with Gasteiger partial charge in [0.1, 0.15) is 18.4 Å². The largest absolute Gasteiger partial charge is 0.380 e. The van der Waals surface area contributed by atoms with Gasteiger partial charge in [0.05, 0.1) is 12.1 Å². The first-order valence-corrected chi connectivity index (χ1v) is 9.71. The van der Waals surface area contributed by atoms with Gasteiger partial charge in [0.2, 0.25) is 11.8 Å². The molecule has 0 N–H and O–H groups in total. The quantitative estimate of drug-likeness (QED) is 0.781. The molecule has 2 amide bonds. The number of ether oxygens (including phenoxy) is 1. The molecule has 2 fully saturated rings. The van der Waals surface area contributed by atoms with Crippen molar-refractivity contribution in [2.75, 3.05) is 20.2 Å². The van der Waals surface area contributed by atoms with Crippen LogP contribution in [0.25, 0.3) is 0 Å². The van der Waals surface area contributed by atoms with Gasteiger partial charge in [-0.1, -0.05) is 30.3 Å². The lowest BCUT2D eigenvalue weighted by Gasteiger charge is -2.43. The third-order valence-electron chi connectivity index (χ3n) is 5.88. The molecule has 0 spiro atoms. The number of hydrogen-bond donors (Lipinski definition) is 0. The van der Waals surface area contributed by atoms with Crippen molar-refractivity contribution in [3.05, 3.63) is 54.1 Å². The van der Waals surface area contributed by atoms with Gasteiger partial charge in [0.15, 0.2) is 0 Å². The fraction of sp³-hybridized carbons (Fsp3) is 0.476. The topological polar surface area (TPSA) is 67.7 Å². The van der Waals surface area contributed by atoms with Gasteiger partial charge < -0.3 is 19.1 Å². The molecule has 2 aromatic rings. The molecule has 4 rings (SSSR count). The van der Waals surface area contributed by atoms with Gasteiger partial charge in [0, 0.05) is 39.0 Å². The molecule has 1 aromatic heterocycles. The minimum atomic E-state index is -0.481. The molecule has 2 saturated heterocycles. The van der Waals surface area contributed by atoms with Gasteiger partial charge in [-0.05, 0) is 18.9 Å². The molecule has 2 aliphatic rings. The number of fused-ring (bicyclic) bond motifs is 1. The summed E-state index contributed by atoms with van der Waals surface area (Å²) in [6, 6.07) is 9.43. The van der Waals surface area contributed by atoms with Gasteiger partial charge in [-0.15, -0.1) is 0 Å². The number of benzene rings is 1.